The Bertz CT molecular complexity index is 669. The summed E-state index contributed by atoms with van der Waals surface area (Å²) in [5.74, 6) is 0.581. The van der Waals surface area contributed by atoms with Gasteiger partial charge in [-0.25, -0.2) is 9.07 Å². The van der Waals surface area contributed by atoms with Gasteiger partial charge in [0.15, 0.2) is 11.6 Å². The van der Waals surface area contributed by atoms with Crippen LogP contribution >= 0.6 is 0 Å². The molecule has 1 aliphatic heterocycles. The topological polar surface area (TPSA) is 47.4 Å². The highest BCUT2D eigenvalue weighted by Gasteiger charge is 2.22. The van der Waals surface area contributed by atoms with Crippen LogP contribution in [0.1, 0.15) is 19.0 Å². The third kappa shape index (κ3) is 2.74. The van der Waals surface area contributed by atoms with Crippen molar-refractivity contribution in [3.63, 3.8) is 0 Å². The molecule has 1 aliphatic rings. The summed E-state index contributed by atoms with van der Waals surface area (Å²) in [6.45, 7) is 3.19. The van der Waals surface area contributed by atoms with Crippen LogP contribution in [0.2, 0.25) is 0 Å². The summed E-state index contributed by atoms with van der Waals surface area (Å²) in [6, 6.07) is 8.08. The molecule has 0 saturated carbocycles. The molecule has 2 aromatic rings. The van der Waals surface area contributed by atoms with E-state index in [9.17, 15) is 9.18 Å². The Morgan fingerprint density at radius 1 is 1.38 bits per heavy atom. The lowest BCUT2D eigenvalue weighted by Crippen LogP contribution is -2.35. The highest BCUT2D eigenvalue weighted by molar-refractivity contribution is 5.90. The number of anilines is 1. The molecule has 1 amide bonds. The maximum absolute atomic E-state index is 13.5. The van der Waals surface area contributed by atoms with Crippen LogP contribution in [-0.2, 0) is 17.9 Å². The number of carbonyl (C=O) groups excluding carboxylic acids is 1. The lowest BCUT2D eigenvalue weighted by molar-refractivity contribution is -0.116. The maximum atomic E-state index is 13.5. The fourth-order valence-electron chi connectivity index (χ4n) is 2.44. The molecule has 0 atom stereocenters. The smallest absolute Gasteiger partial charge is 0.225 e. The SMILES string of the molecule is CC(=O)N1CCCn2nc(COc3ccccc3F)cc21. The third-order valence-corrected chi connectivity index (χ3v) is 3.43. The minimum absolute atomic E-state index is 0.00239. The molecule has 1 aromatic heterocycles. The van der Waals surface area contributed by atoms with Gasteiger partial charge in [-0.3, -0.25) is 9.69 Å². The first-order valence-electron chi connectivity index (χ1n) is 6.87. The van der Waals surface area contributed by atoms with Crippen LogP contribution in [0, 0.1) is 5.82 Å². The highest BCUT2D eigenvalue weighted by atomic mass is 19.1. The Hall–Kier alpha value is -2.37. The molecule has 0 bridgehead atoms. The molecular weight excluding hydrogens is 273 g/mol. The molecule has 0 aliphatic carbocycles. The van der Waals surface area contributed by atoms with E-state index in [-0.39, 0.29) is 18.3 Å². The standard InChI is InChI=1S/C15H16FN3O2/c1-11(20)18-7-4-8-19-15(18)9-12(17-19)10-21-14-6-3-2-5-13(14)16/h2-3,5-6,9H,4,7-8,10H2,1H3. The van der Waals surface area contributed by atoms with Gasteiger partial charge < -0.3 is 4.74 Å². The molecule has 5 nitrogen and oxygen atoms in total. The first-order chi connectivity index (χ1) is 10.1. The molecule has 0 radical (unpaired) electrons. The number of rotatable bonds is 3. The van der Waals surface area contributed by atoms with Crippen molar-refractivity contribution in [2.75, 3.05) is 11.4 Å². The van der Waals surface area contributed by atoms with Crippen LogP contribution in [0.5, 0.6) is 5.75 Å². The summed E-state index contributed by atoms with van der Waals surface area (Å²) in [6.07, 6.45) is 0.877. The number of hydrogen-bond donors (Lipinski definition) is 0. The number of amides is 1. The summed E-state index contributed by atoms with van der Waals surface area (Å²) < 4.78 is 20.7. The summed E-state index contributed by atoms with van der Waals surface area (Å²) in [7, 11) is 0. The number of fused-ring (bicyclic) bond motifs is 1. The quantitative estimate of drug-likeness (QED) is 0.871. The minimum atomic E-state index is -0.396. The second-order valence-electron chi connectivity index (χ2n) is 4.96. The van der Waals surface area contributed by atoms with E-state index in [1.54, 1.807) is 27.8 Å². The minimum Gasteiger partial charge on any atom is -0.484 e. The number of benzene rings is 1. The van der Waals surface area contributed by atoms with E-state index in [0.29, 0.717) is 12.2 Å². The van der Waals surface area contributed by atoms with Gasteiger partial charge in [-0.05, 0) is 18.6 Å². The summed E-state index contributed by atoms with van der Waals surface area (Å²) in [4.78, 5) is 13.3. The monoisotopic (exact) mass is 289 g/mol. The fourth-order valence-corrected chi connectivity index (χ4v) is 2.44. The molecule has 2 heterocycles. The Labute approximate surface area is 121 Å². The predicted molar refractivity (Wildman–Crippen MR) is 75.6 cm³/mol. The zero-order valence-electron chi connectivity index (χ0n) is 11.8. The van der Waals surface area contributed by atoms with Gasteiger partial charge in [0.25, 0.3) is 0 Å². The lowest BCUT2D eigenvalue weighted by atomic mass is 10.3. The van der Waals surface area contributed by atoms with Crippen molar-refractivity contribution in [2.45, 2.75) is 26.5 Å². The van der Waals surface area contributed by atoms with Gasteiger partial charge in [0.05, 0.1) is 0 Å². The van der Waals surface area contributed by atoms with E-state index in [0.717, 1.165) is 18.8 Å². The first-order valence-corrected chi connectivity index (χ1v) is 6.87. The van der Waals surface area contributed by atoms with Crippen molar-refractivity contribution in [1.82, 2.24) is 9.78 Å². The molecular formula is C15H16FN3O2. The van der Waals surface area contributed by atoms with Crippen molar-refractivity contribution >= 4 is 11.7 Å². The van der Waals surface area contributed by atoms with Gasteiger partial charge >= 0.3 is 0 Å². The Morgan fingerprint density at radius 3 is 2.95 bits per heavy atom. The fraction of sp³-hybridized carbons (Fsp3) is 0.333. The first kappa shape index (κ1) is 13.6. The molecule has 0 fully saturated rings. The number of nitrogens with zero attached hydrogens (tertiary/aromatic N) is 3. The van der Waals surface area contributed by atoms with E-state index >= 15 is 0 Å². The van der Waals surface area contributed by atoms with Crippen molar-refractivity contribution in [2.24, 2.45) is 0 Å². The molecule has 110 valence electrons. The zero-order chi connectivity index (χ0) is 14.8. The Morgan fingerprint density at radius 2 is 2.19 bits per heavy atom. The molecule has 0 spiro atoms. The van der Waals surface area contributed by atoms with Gasteiger partial charge in [0, 0.05) is 26.1 Å². The maximum Gasteiger partial charge on any atom is 0.225 e. The second kappa shape index (κ2) is 5.55. The lowest BCUT2D eigenvalue weighted by Gasteiger charge is -2.26. The largest absolute Gasteiger partial charge is 0.484 e. The van der Waals surface area contributed by atoms with Gasteiger partial charge in [0.1, 0.15) is 18.1 Å². The van der Waals surface area contributed by atoms with Gasteiger partial charge in [-0.1, -0.05) is 12.1 Å². The van der Waals surface area contributed by atoms with Crippen molar-refractivity contribution in [1.29, 1.82) is 0 Å². The molecule has 21 heavy (non-hydrogen) atoms. The van der Waals surface area contributed by atoms with Crippen LogP contribution in [-0.4, -0.2) is 22.2 Å². The number of ether oxygens (including phenoxy) is 1. The highest BCUT2D eigenvalue weighted by Crippen LogP contribution is 2.23. The molecule has 6 heteroatoms. The zero-order valence-corrected chi connectivity index (χ0v) is 11.8. The van der Waals surface area contributed by atoms with Crippen LogP contribution in [0.15, 0.2) is 30.3 Å². The Balaban J connectivity index is 1.76. The molecule has 0 unspecified atom stereocenters. The third-order valence-electron chi connectivity index (χ3n) is 3.43. The summed E-state index contributed by atoms with van der Waals surface area (Å²) in [5, 5.41) is 4.40. The van der Waals surface area contributed by atoms with E-state index in [2.05, 4.69) is 5.10 Å². The number of para-hydroxylation sites is 1. The Kier molecular flexibility index (Phi) is 3.60. The number of halogens is 1. The van der Waals surface area contributed by atoms with Crippen molar-refractivity contribution in [3.05, 3.63) is 41.8 Å². The molecule has 0 saturated heterocycles. The normalized spacial score (nSPS) is 13.9. The second-order valence-corrected chi connectivity index (χ2v) is 4.96. The number of hydrogen-bond acceptors (Lipinski definition) is 3. The van der Waals surface area contributed by atoms with Crippen LogP contribution in [0.25, 0.3) is 0 Å². The van der Waals surface area contributed by atoms with E-state index in [1.807, 2.05) is 6.07 Å². The molecule has 0 N–H and O–H groups in total. The van der Waals surface area contributed by atoms with Crippen molar-refractivity contribution in [3.8, 4) is 5.75 Å². The van der Waals surface area contributed by atoms with E-state index in [4.69, 9.17) is 4.74 Å². The number of aromatic nitrogens is 2. The average Bonchev–Trinajstić information content (AvgIpc) is 2.88. The number of carbonyl (C=O) groups is 1. The van der Waals surface area contributed by atoms with Gasteiger partial charge in [0.2, 0.25) is 5.91 Å². The summed E-state index contributed by atoms with van der Waals surface area (Å²) >= 11 is 0. The van der Waals surface area contributed by atoms with Gasteiger partial charge in [-0.15, -0.1) is 0 Å². The molecule has 1 aromatic carbocycles. The van der Waals surface area contributed by atoms with E-state index in [1.165, 1.54) is 13.0 Å². The van der Waals surface area contributed by atoms with Crippen LogP contribution in [0.3, 0.4) is 0 Å². The summed E-state index contributed by atoms with van der Waals surface area (Å²) in [5.41, 5.74) is 0.682. The van der Waals surface area contributed by atoms with E-state index < -0.39 is 5.82 Å². The predicted octanol–water partition coefficient (Wildman–Crippen LogP) is 2.36. The van der Waals surface area contributed by atoms with Crippen LogP contribution < -0.4 is 9.64 Å². The number of aryl methyl sites for hydroxylation is 1. The average molecular weight is 289 g/mol. The molecule has 3 rings (SSSR count). The van der Waals surface area contributed by atoms with Crippen molar-refractivity contribution < 1.29 is 13.9 Å². The van der Waals surface area contributed by atoms with Crippen LogP contribution in [0.4, 0.5) is 10.2 Å². The van der Waals surface area contributed by atoms with Gasteiger partial charge in [-0.2, -0.15) is 5.10 Å².